The summed E-state index contributed by atoms with van der Waals surface area (Å²) >= 11 is 6.07. The fourth-order valence-corrected chi connectivity index (χ4v) is 3.14. The van der Waals surface area contributed by atoms with Gasteiger partial charge in [-0.1, -0.05) is 29.8 Å². The van der Waals surface area contributed by atoms with Crippen molar-refractivity contribution in [3.63, 3.8) is 0 Å². The van der Waals surface area contributed by atoms with E-state index in [0.29, 0.717) is 18.1 Å². The lowest BCUT2D eigenvalue weighted by Crippen LogP contribution is -2.29. The number of nitrogens with one attached hydrogen (secondary N) is 2. The van der Waals surface area contributed by atoms with Gasteiger partial charge in [-0.15, -0.1) is 0 Å². The first-order valence-electron chi connectivity index (χ1n) is 8.77. The lowest BCUT2D eigenvalue weighted by molar-refractivity contribution is -0.119. The van der Waals surface area contributed by atoms with Gasteiger partial charge >= 0.3 is 0 Å². The molecule has 1 unspecified atom stereocenters. The van der Waals surface area contributed by atoms with Crippen molar-refractivity contribution >= 4 is 34.8 Å². The van der Waals surface area contributed by atoms with Crippen molar-refractivity contribution in [3.8, 4) is 0 Å². The molecular formula is C20H22ClN3O3. The average Bonchev–Trinajstić information content (AvgIpc) is 3.00. The number of carbonyl (C=O) groups is 2. The minimum atomic E-state index is -0.605. The minimum Gasteiger partial charge on any atom is -0.391 e. The van der Waals surface area contributed by atoms with Crippen molar-refractivity contribution in [3.05, 3.63) is 58.6 Å². The minimum absolute atomic E-state index is 0.0778. The fourth-order valence-electron chi connectivity index (χ4n) is 2.97. The number of amides is 2. The third-order valence-corrected chi connectivity index (χ3v) is 4.96. The molecule has 3 rings (SSSR count). The summed E-state index contributed by atoms with van der Waals surface area (Å²) in [4.78, 5) is 25.4. The summed E-state index contributed by atoms with van der Waals surface area (Å²) in [6, 6.07) is 12.9. The van der Waals surface area contributed by atoms with Gasteiger partial charge in [0, 0.05) is 22.9 Å². The van der Waals surface area contributed by atoms with E-state index in [9.17, 15) is 14.7 Å². The van der Waals surface area contributed by atoms with Crippen LogP contribution in [0.1, 0.15) is 17.5 Å². The van der Waals surface area contributed by atoms with Gasteiger partial charge in [0.25, 0.3) is 0 Å². The summed E-state index contributed by atoms with van der Waals surface area (Å²) in [6.45, 7) is 2.77. The molecule has 0 radical (unpaired) electrons. The van der Waals surface area contributed by atoms with Gasteiger partial charge in [0.2, 0.25) is 11.8 Å². The van der Waals surface area contributed by atoms with E-state index in [2.05, 4.69) is 10.6 Å². The highest BCUT2D eigenvalue weighted by atomic mass is 35.5. The molecule has 1 atom stereocenters. The second kappa shape index (κ2) is 8.41. The molecule has 1 aliphatic heterocycles. The van der Waals surface area contributed by atoms with Gasteiger partial charge in [0.15, 0.2) is 0 Å². The zero-order valence-corrected chi connectivity index (χ0v) is 15.8. The number of rotatable bonds is 6. The second-order valence-electron chi connectivity index (χ2n) is 6.57. The predicted octanol–water partition coefficient (Wildman–Crippen LogP) is 2.47. The van der Waals surface area contributed by atoms with E-state index in [0.717, 1.165) is 22.5 Å². The molecule has 0 bridgehead atoms. The number of aliphatic hydroxyl groups is 1. The molecule has 0 saturated carbocycles. The van der Waals surface area contributed by atoms with E-state index in [1.807, 2.05) is 49.4 Å². The number of anilines is 2. The molecule has 6 nitrogen and oxygen atoms in total. The second-order valence-corrected chi connectivity index (χ2v) is 6.98. The van der Waals surface area contributed by atoms with Crippen LogP contribution in [0.15, 0.2) is 42.5 Å². The molecule has 1 heterocycles. The summed E-state index contributed by atoms with van der Waals surface area (Å²) in [6.07, 6.45) is -0.441. The number of benzene rings is 2. The van der Waals surface area contributed by atoms with Crippen molar-refractivity contribution in [2.24, 2.45) is 0 Å². The van der Waals surface area contributed by atoms with E-state index >= 15 is 0 Å². The van der Waals surface area contributed by atoms with E-state index in [1.165, 1.54) is 0 Å². The number of halogens is 1. The maximum Gasteiger partial charge on any atom is 0.239 e. The number of hydrogen-bond acceptors (Lipinski definition) is 4. The summed E-state index contributed by atoms with van der Waals surface area (Å²) in [5.41, 5.74) is 3.42. The highest BCUT2D eigenvalue weighted by Crippen LogP contribution is 2.23. The first-order valence-corrected chi connectivity index (χ1v) is 9.15. The normalized spacial score (nSPS) is 16.5. The van der Waals surface area contributed by atoms with Gasteiger partial charge in [-0.2, -0.15) is 0 Å². The highest BCUT2D eigenvalue weighted by molar-refractivity contribution is 6.31. The Morgan fingerprint density at radius 3 is 2.67 bits per heavy atom. The lowest BCUT2D eigenvalue weighted by Gasteiger charge is -2.16. The van der Waals surface area contributed by atoms with Crippen molar-refractivity contribution in [1.82, 2.24) is 5.32 Å². The maximum atomic E-state index is 12.1. The molecule has 0 aliphatic carbocycles. The first-order chi connectivity index (χ1) is 12.9. The Balaban J connectivity index is 1.49. The van der Waals surface area contributed by atoms with Crippen LogP contribution in [0.25, 0.3) is 0 Å². The summed E-state index contributed by atoms with van der Waals surface area (Å²) in [5.74, 6) is -0.206. The molecule has 7 heteroatoms. The lowest BCUT2D eigenvalue weighted by atomic mass is 10.2. The zero-order valence-electron chi connectivity index (χ0n) is 15.0. The molecule has 1 fully saturated rings. The fraction of sp³-hybridized carbons (Fsp3) is 0.300. The third-order valence-electron chi connectivity index (χ3n) is 4.55. The van der Waals surface area contributed by atoms with Gasteiger partial charge in [-0.25, -0.2) is 0 Å². The van der Waals surface area contributed by atoms with Gasteiger partial charge in [-0.05, 0) is 42.3 Å². The maximum absolute atomic E-state index is 12.1. The SMILES string of the molecule is Cc1c(Cl)cccc1NCC(=O)NCc1ccc(N2CC(O)CC2=O)cc1. The van der Waals surface area contributed by atoms with Gasteiger partial charge < -0.3 is 20.6 Å². The molecule has 2 aromatic carbocycles. The van der Waals surface area contributed by atoms with Gasteiger partial charge in [-0.3, -0.25) is 9.59 Å². The highest BCUT2D eigenvalue weighted by Gasteiger charge is 2.28. The van der Waals surface area contributed by atoms with Crippen LogP contribution in [0.3, 0.4) is 0 Å². The summed E-state index contributed by atoms with van der Waals surface area (Å²) < 4.78 is 0. The Bertz CT molecular complexity index is 839. The van der Waals surface area contributed by atoms with Crippen molar-refractivity contribution in [2.75, 3.05) is 23.3 Å². The first kappa shape index (κ1) is 19.2. The topological polar surface area (TPSA) is 81.7 Å². The smallest absolute Gasteiger partial charge is 0.239 e. The number of carbonyl (C=O) groups excluding carboxylic acids is 2. The van der Waals surface area contributed by atoms with Crippen LogP contribution in [-0.2, 0) is 16.1 Å². The quantitative estimate of drug-likeness (QED) is 0.711. The summed E-state index contributed by atoms with van der Waals surface area (Å²) in [5, 5.41) is 16.2. The van der Waals surface area contributed by atoms with Crippen LogP contribution in [0, 0.1) is 6.92 Å². The molecule has 0 aromatic heterocycles. The number of nitrogens with zero attached hydrogens (tertiary/aromatic N) is 1. The zero-order chi connectivity index (χ0) is 19.4. The monoisotopic (exact) mass is 387 g/mol. The molecule has 27 heavy (non-hydrogen) atoms. The van der Waals surface area contributed by atoms with Crippen molar-refractivity contribution in [2.45, 2.75) is 26.0 Å². The van der Waals surface area contributed by atoms with E-state index in [-0.39, 0.29) is 24.8 Å². The van der Waals surface area contributed by atoms with E-state index < -0.39 is 6.10 Å². The van der Waals surface area contributed by atoms with Crippen LogP contribution in [-0.4, -0.2) is 36.1 Å². The summed E-state index contributed by atoms with van der Waals surface area (Å²) in [7, 11) is 0. The standard InChI is InChI=1S/C20H22ClN3O3/c1-13-17(21)3-2-4-18(13)22-11-19(26)23-10-14-5-7-15(8-6-14)24-12-16(25)9-20(24)27/h2-8,16,22,25H,9-12H2,1H3,(H,23,26). The average molecular weight is 388 g/mol. The number of aliphatic hydroxyl groups excluding tert-OH is 1. The Labute approximate surface area is 163 Å². The number of hydrogen-bond donors (Lipinski definition) is 3. The van der Waals surface area contributed by atoms with E-state index in [4.69, 9.17) is 11.6 Å². The van der Waals surface area contributed by atoms with Crippen LogP contribution in [0.2, 0.25) is 5.02 Å². The van der Waals surface area contributed by atoms with Crippen molar-refractivity contribution in [1.29, 1.82) is 0 Å². The molecule has 0 spiro atoms. The van der Waals surface area contributed by atoms with Crippen LogP contribution in [0.4, 0.5) is 11.4 Å². The van der Waals surface area contributed by atoms with Crippen LogP contribution < -0.4 is 15.5 Å². The molecule has 2 amide bonds. The Kier molecular flexibility index (Phi) is 5.98. The Morgan fingerprint density at radius 1 is 1.26 bits per heavy atom. The third kappa shape index (κ3) is 4.78. The number of β-amino-alcohol motifs (C(OH)–C–C–N with tert-alkyl or cyclic N) is 1. The van der Waals surface area contributed by atoms with Crippen LogP contribution in [0.5, 0.6) is 0 Å². The van der Waals surface area contributed by atoms with Gasteiger partial charge in [0.05, 0.1) is 25.6 Å². The molecule has 2 aromatic rings. The molecule has 1 aliphatic rings. The van der Waals surface area contributed by atoms with E-state index in [1.54, 1.807) is 4.90 Å². The predicted molar refractivity (Wildman–Crippen MR) is 106 cm³/mol. The largest absolute Gasteiger partial charge is 0.391 e. The van der Waals surface area contributed by atoms with Gasteiger partial charge in [0.1, 0.15) is 0 Å². The van der Waals surface area contributed by atoms with Crippen molar-refractivity contribution < 1.29 is 14.7 Å². The molecule has 142 valence electrons. The Hall–Kier alpha value is -2.57. The Morgan fingerprint density at radius 2 is 2.00 bits per heavy atom. The molecule has 1 saturated heterocycles. The molecule has 3 N–H and O–H groups in total. The van der Waals surface area contributed by atoms with Crippen LogP contribution >= 0.6 is 11.6 Å². The molecular weight excluding hydrogens is 366 g/mol.